The molecule has 0 aliphatic carbocycles. The van der Waals surface area contributed by atoms with Crippen molar-refractivity contribution in [1.82, 2.24) is 15.1 Å². The minimum atomic E-state index is 0. The van der Waals surface area contributed by atoms with Crippen LogP contribution < -0.4 is 5.32 Å². The molecular formula is C14H28ClN3O2. The fourth-order valence-electron chi connectivity index (χ4n) is 2.94. The fraction of sp³-hybridized carbons (Fsp3) is 0.929. The number of carbonyl (C=O) groups is 1. The molecule has 0 radical (unpaired) electrons. The topological polar surface area (TPSA) is 44.8 Å². The molecule has 0 aromatic carbocycles. The van der Waals surface area contributed by atoms with Crippen molar-refractivity contribution in [1.29, 1.82) is 0 Å². The highest BCUT2D eigenvalue weighted by Crippen LogP contribution is 2.13. The molecule has 0 aromatic heterocycles. The zero-order valence-electron chi connectivity index (χ0n) is 12.5. The van der Waals surface area contributed by atoms with Crippen molar-refractivity contribution in [2.75, 3.05) is 52.5 Å². The van der Waals surface area contributed by atoms with Gasteiger partial charge in [-0.1, -0.05) is 6.92 Å². The molecule has 2 rings (SSSR count). The number of piperidine rings is 1. The number of hydrogen-bond donors (Lipinski definition) is 1. The Hall–Kier alpha value is -0.360. The van der Waals surface area contributed by atoms with E-state index in [1.807, 2.05) is 4.90 Å². The molecule has 6 heteroatoms. The van der Waals surface area contributed by atoms with E-state index in [1.165, 1.54) is 0 Å². The first kappa shape index (κ1) is 17.7. The summed E-state index contributed by atoms with van der Waals surface area (Å²) >= 11 is 0. The lowest BCUT2D eigenvalue weighted by Gasteiger charge is -2.36. The van der Waals surface area contributed by atoms with Crippen LogP contribution in [0, 0.1) is 0 Å². The molecule has 0 unspecified atom stereocenters. The molecule has 1 N–H and O–H groups in total. The summed E-state index contributed by atoms with van der Waals surface area (Å²) < 4.78 is 5.30. The van der Waals surface area contributed by atoms with Gasteiger partial charge in [-0.25, -0.2) is 0 Å². The van der Waals surface area contributed by atoms with Gasteiger partial charge in [-0.05, 0) is 38.9 Å². The predicted molar refractivity (Wildman–Crippen MR) is 82.4 cm³/mol. The SMILES string of the molecule is CCCN(CC(=O)N1CCOCC1)C1CCNCC1.Cl. The van der Waals surface area contributed by atoms with Crippen LogP contribution in [0.25, 0.3) is 0 Å². The second-order valence-electron chi connectivity index (χ2n) is 5.44. The fourth-order valence-corrected chi connectivity index (χ4v) is 2.94. The normalized spacial score (nSPS) is 20.8. The van der Waals surface area contributed by atoms with Crippen molar-refractivity contribution in [3.05, 3.63) is 0 Å². The molecule has 0 aromatic rings. The van der Waals surface area contributed by atoms with Gasteiger partial charge in [-0.15, -0.1) is 12.4 Å². The van der Waals surface area contributed by atoms with Crippen molar-refractivity contribution >= 4 is 18.3 Å². The summed E-state index contributed by atoms with van der Waals surface area (Å²) in [6, 6.07) is 0.575. The van der Waals surface area contributed by atoms with Crippen molar-refractivity contribution in [3.8, 4) is 0 Å². The van der Waals surface area contributed by atoms with Gasteiger partial charge in [0.15, 0.2) is 0 Å². The zero-order valence-corrected chi connectivity index (χ0v) is 13.3. The van der Waals surface area contributed by atoms with Gasteiger partial charge in [0.2, 0.25) is 5.91 Å². The number of hydrogen-bond acceptors (Lipinski definition) is 4. The number of carbonyl (C=O) groups excluding carboxylic acids is 1. The van der Waals surface area contributed by atoms with Gasteiger partial charge < -0.3 is 15.0 Å². The van der Waals surface area contributed by atoms with Crippen LogP contribution in [0.1, 0.15) is 26.2 Å². The molecule has 2 fully saturated rings. The van der Waals surface area contributed by atoms with E-state index in [0.29, 0.717) is 25.8 Å². The van der Waals surface area contributed by atoms with Gasteiger partial charge >= 0.3 is 0 Å². The highest BCUT2D eigenvalue weighted by molar-refractivity contribution is 5.85. The van der Waals surface area contributed by atoms with Crippen molar-refractivity contribution in [2.45, 2.75) is 32.2 Å². The van der Waals surface area contributed by atoms with E-state index in [1.54, 1.807) is 0 Å². The Labute approximate surface area is 128 Å². The van der Waals surface area contributed by atoms with Crippen LogP contribution in [-0.2, 0) is 9.53 Å². The molecule has 118 valence electrons. The minimum absolute atomic E-state index is 0. The Bertz CT molecular complexity index is 280. The van der Waals surface area contributed by atoms with Crippen LogP contribution in [0.4, 0.5) is 0 Å². The summed E-state index contributed by atoms with van der Waals surface area (Å²) in [5, 5.41) is 3.39. The van der Waals surface area contributed by atoms with Crippen LogP contribution in [-0.4, -0.2) is 74.2 Å². The Morgan fingerprint density at radius 1 is 1.30 bits per heavy atom. The first-order chi connectivity index (χ1) is 9.31. The third kappa shape index (κ3) is 5.20. The summed E-state index contributed by atoms with van der Waals surface area (Å²) in [6.07, 6.45) is 3.44. The van der Waals surface area contributed by atoms with E-state index in [0.717, 1.165) is 52.0 Å². The average molecular weight is 306 g/mol. The van der Waals surface area contributed by atoms with E-state index in [-0.39, 0.29) is 18.3 Å². The lowest BCUT2D eigenvalue weighted by Crippen LogP contribution is -2.50. The summed E-state index contributed by atoms with van der Waals surface area (Å²) in [5.41, 5.74) is 0. The molecular weight excluding hydrogens is 278 g/mol. The number of halogens is 1. The lowest BCUT2D eigenvalue weighted by atomic mass is 10.0. The van der Waals surface area contributed by atoms with E-state index in [9.17, 15) is 4.79 Å². The van der Waals surface area contributed by atoms with E-state index in [4.69, 9.17) is 4.74 Å². The van der Waals surface area contributed by atoms with Crippen LogP contribution >= 0.6 is 12.4 Å². The molecule has 1 amide bonds. The van der Waals surface area contributed by atoms with Gasteiger partial charge in [0.1, 0.15) is 0 Å². The number of amides is 1. The van der Waals surface area contributed by atoms with Crippen molar-refractivity contribution in [2.24, 2.45) is 0 Å². The van der Waals surface area contributed by atoms with Gasteiger partial charge in [0.05, 0.1) is 19.8 Å². The Morgan fingerprint density at radius 2 is 1.95 bits per heavy atom. The second kappa shape index (κ2) is 9.55. The Morgan fingerprint density at radius 3 is 2.55 bits per heavy atom. The molecule has 5 nitrogen and oxygen atoms in total. The highest BCUT2D eigenvalue weighted by Gasteiger charge is 2.25. The molecule has 0 atom stereocenters. The molecule has 0 spiro atoms. The summed E-state index contributed by atoms with van der Waals surface area (Å²) in [7, 11) is 0. The Kier molecular flexibility index (Phi) is 8.45. The number of rotatable bonds is 5. The van der Waals surface area contributed by atoms with Crippen LogP contribution in [0.2, 0.25) is 0 Å². The first-order valence-electron chi connectivity index (χ1n) is 7.61. The van der Waals surface area contributed by atoms with Crippen LogP contribution in [0.15, 0.2) is 0 Å². The number of nitrogens with zero attached hydrogens (tertiary/aromatic N) is 2. The molecule has 2 aliphatic heterocycles. The number of morpholine rings is 1. The smallest absolute Gasteiger partial charge is 0.236 e. The maximum atomic E-state index is 12.3. The largest absolute Gasteiger partial charge is 0.378 e. The molecule has 20 heavy (non-hydrogen) atoms. The maximum Gasteiger partial charge on any atom is 0.236 e. The number of nitrogens with one attached hydrogen (secondary N) is 1. The van der Waals surface area contributed by atoms with Crippen molar-refractivity contribution < 1.29 is 9.53 Å². The van der Waals surface area contributed by atoms with E-state index < -0.39 is 0 Å². The maximum absolute atomic E-state index is 12.3. The number of ether oxygens (including phenoxy) is 1. The second-order valence-corrected chi connectivity index (χ2v) is 5.44. The lowest BCUT2D eigenvalue weighted by molar-refractivity contribution is -0.137. The Balaban J connectivity index is 0.00000200. The average Bonchev–Trinajstić information content (AvgIpc) is 2.48. The molecule has 2 aliphatic rings. The molecule has 0 saturated carbocycles. The quantitative estimate of drug-likeness (QED) is 0.813. The molecule has 2 saturated heterocycles. The van der Waals surface area contributed by atoms with Gasteiger partial charge in [-0.3, -0.25) is 9.69 Å². The van der Waals surface area contributed by atoms with Crippen LogP contribution in [0.3, 0.4) is 0 Å². The highest BCUT2D eigenvalue weighted by atomic mass is 35.5. The third-order valence-electron chi connectivity index (χ3n) is 4.04. The standard InChI is InChI=1S/C14H27N3O2.ClH/c1-2-7-17(13-3-5-15-6-4-13)12-14(18)16-8-10-19-11-9-16;/h13,15H,2-12H2,1H3;1H. The van der Waals surface area contributed by atoms with Gasteiger partial charge in [0.25, 0.3) is 0 Å². The summed E-state index contributed by atoms with van der Waals surface area (Å²) in [5.74, 6) is 0.273. The zero-order chi connectivity index (χ0) is 13.5. The minimum Gasteiger partial charge on any atom is -0.378 e. The summed E-state index contributed by atoms with van der Waals surface area (Å²) in [6.45, 7) is 8.84. The molecule has 2 heterocycles. The van der Waals surface area contributed by atoms with Gasteiger partial charge in [-0.2, -0.15) is 0 Å². The van der Waals surface area contributed by atoms with E-state index >= 15 is 0 Å². The van der Waals surface area contributed by atoms with Gasteiger partial charge in [0, 0.05) is 19.1 Å². The molecule has 0 bridgehead atoms. The summed E-state index contributed by atoms with van der Waals surface area (Å²) in [4.78, 5) is 16.7. The van der Waals surface area contributed by atoms with Crippen LogP contribution in [0.5, 0.6) is 0 Å². The first-order valence-corrected chi connectivity index (χ1v) is 7.61. The van der Waals surface area contributed by atoms with E-state index in [2.05, 4.69) is 17.1 Å². The monoisotopic (exact) mass is 305 g/mol. The third-order valence-corrected chi connectivity index (χ3v) is 4.04. The predicted octanol–water partition coefficient (Wildman–Crippen LogP) is 0.731. The van der Waals surface area contributed by atoms with Crippen molar-refractivity contribution in [3.63, 3.8) is 0 Å².